The second-order valence-corrected chi connectivity index (χ2v) is 6.73. The predicted octanol–water partition coefficient (Wildman–Crippen LogP) is 2.48. The Balaban J connectivity index is 3.07. The third-order valence-electron chi connectivity index (χ3n) is 2.58. The van der Waals surface area contributed by atoms with Crippen LogP contribution in [0.2, 0.25) is 0 Å². The molecule has 0 spiro atoms. The highest BCUT2D eigenvalue weighted by Crippen LogP contribution is 2.58. The quantitative estimate of drug-likeness (QED) is 0.431. The van der Waals surface area contributed by atoms with Crippen molar-refractivity contribution in [2.75, 3.05) is 13.2 Å². The average Bonchev–Trinajstić information content (AvgIpc) is 2.41. The first-order valence-corrected chi connectivity index (χ1v) is 7.99. The van der Waals surface area contributed by atoms with Gasteiger partial charge in [-0.1, -0.05) is 0 Å². The maximum absolute atomic E-state index is 12.6. The smallest absolute Gasteiger partial charge is 0.388 e. The van der Waals surface area contributed by atoms with Gasteiger partial charge in [-0.2, -0.15) is 0 Å². The van der Waals surface area contributed by atoms with Crippen LogP contribution in [0.15, 0.2) is 18.2 Å². The van der Waals surface area contributed by atoms with Crippen molar-refractivity contribution in [3.05, 3.63) is 23.8 Å². The van der Waals surface area contributed by atoms with Gasteiger partial charge in [0.2, 0.25) is 0 Å². The first-order chi connectivity index (χ1) is 9.79. The number of nitrogens with two attached hydrogens (primary N) is 1. The molecule has 118 valence electrons. The fourth-order valence-electron chi connectivity index (χ4n) is 1.61. The predicted molar refractivity (Wildman–Crippen MR) is 77.6 cm³/mol. The van der Waals surface area contributed by atoms with Gasteiger partial charge < -0.3 is 18.9 Å². The van der Waals surface area contributed by atoms with E-state index in [1.165, 1.54) is 25.1 Å². The Hall–Kier alpha value is -1.40. The normalized spacial score (nSPS) is 14.5. The van der Waals surface area contributed by atoms with Crippen LogP contribution in [-0.2, 0) is 13.6 Å². The van der Waals surface area contributed by atoms with E-state index in [0.29, 0.717) is 6.29 Å². The average molecular weight is 317 g/mol. The van der Waals surface area contributed by atoms with E-state index in [-0.39, 0.29) is 30.3 Å². The van der Waals surface area contributed by atoms with E-state index in [0.717, 1.165) is 0 Å². The molecule has 0 amide bonds. The number of carbonyl (C=O) groups is 1. The van der Waals surface area contributed by atoms with Crippen LogP contribution < -0.4 is 10.5 Å². The molecule has 1 rings (SSSR count). The van der Waals surface area contributed by atoms with Crippen molar-refractivity contribution < 1.29 is 28.3 Å². The number of aldehydes is 1. The molecule has 21 heavy (non-hydrogen) atoms. The SMILES string of the molecule is CCOP(=O)(OCC)[C@](C)(N)Oc1ccc(C=O)cc1O. The van der Waals surface area contributed by atoms with Gasteiger partial charge in [0.1, 0.15) is 6.29 Å². The summed E-state index contributed by atoms with van der Waals surface area (Å²) in [5.41, 5.74) is 4.40. The van der Waals surface area contributed by atoms with Crippen LogP contribution in [0.3, 0.4) is 0 Å². The molecule has 7 nitrogen and oxygen atoms in total. The van der Waals surface area contributed by atoms with E-state index in [1.54, 1.807) is 13.8 Å². The van der Waals surface area contributed by atoms with Gasteiger partial charge in [-0.3, -0.25) is 15.1 Å². The van der Waals surface area contributed by atoms with Crippen molar-refractivity contribution in [1.82, 2.24) is 0 Å². The topological polar surface area (TPSA) is 108 Å². The number of carbonyl (C=O) groups excluding carboxylic acids is 1. The Labute approximate surface area is 123 Å². The molecule has 1 atom stereocenters. The summed E-state index contributed by atoms with van der Waals surface area (Å²) >= 11 is 0. The van der Waals surface area contributed by atoms with Crippen molar-refractivity contribution in [3.8, 4) is 11.5 Å². The molecule has 0 aliphatic carbocycles. The summed E-state index contributed by atoms with van der Waals surface area (Å²) in [6.45, 7) is 4.90. The van der Waals surface area contributed by atoms with Crippen molar-refractivity contribution in [2.45, 2.75) is 26.2 Å². The number of ether oxygens (including phenoxy) is 1. The molecule has 1 aromatic rings. The summed E-state index contributed by atoms with van der Waals surface area (Å²) in [4.78, 5) is 10.6. The standard InChI is InChI=1S/C13H20NO6P/c1-4-18-21(17,19-5-2)13(3,14)20-12-7-6-10(9-15)8-11(12)16/h6-9,16H,4-5,14H2,1-3H3/t13-/m1/s1. The lowest BCUT2D eigenvalue weighted by Gasteiger charge is -2.32. The van der Waals surface area contributed by atoms with Gasteiger partial charge in [0.05, 0.1) is 13.2 Å². The van der Waals surface area contributed by atoms with Gasteiger partial charge in [0, 0.05) is 12.5 Å². The van der Waals surface area contributed by atoms with Crippen molar-refractivity contribution >= 4 is 13.9 Å². The van der Waals surface area contributed by atoms with Crippen LogP contribution in [0.25, 0.3) is 0 Å². The van der Waals surface area contributed by atoms with Gasteiger partial charge >= 0.3 is 7.60 Å². The third kappa shape index (κ3) is 4.04. The molecule has 1 aromatic carbocycles. The van der Waals surface area contributed by atoms with Crippen molar-refractivity contribution in [3.63, 3.8) is 0 Å². The molecular formula is C13H20NO6P. The van der Waals surface area contributed by atoms with E-state index in [1.807, 2.05) is 0 Å². The molecule has 0 aliphatic rings. The van der Waals surface area contributed by atoms with Crippen molar-refractivity contribution in [1.29, 1.82) is 0 Å². The van der Waals surface area contributed by atoms with Crippen LogP contribution in [-0.4, -0.2) is 30.1 Å². The van der Waals surface area contributed by atoms with E-state index in [9.17, 15) is 14.5 Å². The first kappa shape index (κ1) is 17.7. The third-order valence-corrected chi connectivity index (χ3v) is 4.95. The molecule has 0 saturated heterocycles. The molecule has 0 heterocycles. The number of phenols is 1. The van der Waals surface area contributed by atoms with E-state index < -0.39 is 13.1 Å². The van der Waals surface area contributed by atoms with Gasteiger partial charge in [-0.25, -0.2) is 0 Å². The minimum Gasteiger partial charge on any atom is -0.504 e. The first-order valence-electron chi connectivity index (χ1n) is 6.45. The van der Waals surface area contributed by atoms with Crippen LogP contribution in [0.1, 0.15) is 31.1 Å². The van der Waals surface area contributed by atoms with Gasteiger partial charge in [-0.15, -0.1) is 0 Å². The van der Waals surface area contributed by atoms with E-state index in [4.69, 9.17) is 19.5 Å². The Bertz CT molecular complexity index is 535. The lowest BCUT2D eigenvalue weighted by atomic mass is 10.2. The Morgan fingerprint density at radius 3 is 2.33 bits per heavy atom. The summed E-state index contributed by atoms with van der Waals surface area (Å²) in [6.07, 6.45) is 0.580. The van der Waals surface area contributed by atoms with Gasteiger partial charge in [0.25, 0.3) is 5.47 Å². The Morgan fingerprint density at radius 2 is 1.90 bits per heavy atom. The second-order valence-electron chi connectivity index (χ2n) is 4.33. The fourth-order valence-corrected chi connectivity index (χ4v) is 3.08. The highest BCUT2D eigenvalue weighted by atomic mass is 31.2. The zero-order valence-electron chi connectivity index (χ0n) is 12.2. The minimum absolute atomic E-state index is 0.0229. The summed E-state index contributed by atoms with van der Waals surface area (Å²) in [6, 6.07) is 4.00. The zero-order valence-corrected chi connectivity index (χ0v) is 13.1. The highest BCUT2D eigenvalue weighted by Gasteiger charge is 2.47. The van der Waals surface area contributed by atoms with Crippen LogP contribution in [0.4, 0.5) is 0 Å². The van der Waals surface area contributed by atoms with Crippen LogP contribution in [0.5, 0.6) is 11.5 Å². The van der Waals surface area contributed by atoms with Gasteiger partial charge in [0.15, 0.2) is 11.5 Å². The molecule has 8 heteroatoms. The number of phenolic OH excluding ortho intramolecular Hbond substituents is 1. The maximum Gasteiger partial charge on any atom is 0.388 e. The summed E-state index contributed by atoms with van der Waals surface area (Å²) in [7, 11) is -3.75. The Morgan fingerprint density at radius 1 is 1.33 bits per heavy atom. The van der Waals surface area contributed by atoms with Crippen molar-refractivity contribution in [2.24, 2.45) is 5.73 Å². The molecule has 0 bridgehead atoms. The number of aromatic hydroxyl groups is 1. The number of hydrogen-bond acceptors (Lipinski definition) is 7. The molecule has 0 fully saturated rings. The lowest BCUT2D eigenvalue weighted by Crippen LogP contribution is -2.43. The highest BCUT2D eigenvalue weighted by molar-refractivity contribution is 7.55. The molecular weight excluding hydrogens is 297 g/mol. The maximum atomic E-state index is 12.6. The number of hydrogen-bond donors (Lipinski definition) is 2. The monoisotopic (exact) mass is 317 g/mol. The molecule has 3 N–H and O–H groups in total. The fraction of sp³-hybridized carbons (Fsp3) is 0.462. The van der Waals surface area contributed by atoms with Crippen LogP contribution in [0, 0.1) is 0 Å². The molecule has 0 aromatic heterocycles. The number of rotatable bonds is 8. The molecule has 0 radical (unpaired) electrons. The van der Waals surface area contributed by atoms with E-state index in [2.05, 4.69) is 0 Å². The van der Waals surface area contributed by atoms with E-state index >= 15 is 0 Å². The van der Waals surface area contributed by atoms with Crippen LogP contribution >= 0.6 is 7.60 Å². The second kappa shape index (κ2) is 7.04. The summed E-state index contributed by atoms with van der Waals surface area (Å²) in [5.74, 6) is -0.318. The summed E-state index contributed by atoms with van der Waals surface area (Å²) in [5, 5.41) is 9.80. The lowest BCUT2D eigenvalue weighted by molar-refractivity contribution is 0.103. The number of benzene rings is 1. The molecule has 0 unspecified atom stereocenters. The molecule has 0 saturated carbocycles. The Kier molecular flexibility index (Phi) is 5.92. The van der Waals surface area contributed by atoms with Gasteiger partial charge in [-0.05, 0) is 32.0 Å². The summed E-state index contributed by atoms with van der Waals surface area (Å²) < 4.78 is 28.3. The molecule has 0 aliphatic heterocycles. The largest absolute Gasteiger partial charge is 0.504 e. The zero-order chi connectivity index (χ0) is 16.1. The minimum atomic E-state index is -3.75.